The van der Waals surface area contributed by atoms with Gasteiger partial charge in [0.05, 0.1) is 0 Å². The van der Waals surface area contributed by atoms with Gasteiger partial charge in [-0.1, -0.05) is 30.3 Å². The number of amides is 4. The predicted molar refractivity (Wildman–Crippen MR) is 205 cm³/mol. The molecule has 2 heterocycles. The summed E-state index contributed by atoms with van der Waals surface area (Å²) in [6.45, 7) is 9.61. The van der Waals surface area contributed by atoms with Gasteiger partial charge in [0, 0.05) is 48.8 Å². The molecule has 284 valence electrons. The number of aryl methyl sites for hydroxylation is 1. The van der Waals surface area contributed by atoms with Gasteiger partial charge in [0.25, 0.3) is 5.91 Å². The molecule has 1 atom stereocenters. The minimum atomic E-state index is -0.829. The van der Waals surface area contributed by atoms with Crippen molar-refractivity contribution in [3.8, 4) is 22.5 Å². The van der Waals surface area contributed by atoms with Crippen LogP contribution in [0.2, 0.25) is 0 Å². The molecule has 1 saturated heterocycles. The second-order valence-electron chi connectivity index (χ2n) is 15.4. The lowest BCUT2D eigenvalue weighted by Crippen LogP contribution is -2.48. The monoisotopic (exact) mass is 734 g/mol. The lowest BCUT2D eigenvalue weighted by molar-refractivity contribution is -0.130. The SMILES string of the molecule is Cc1cc(C(=O)N2CCCC2)ccc1-c1ccc(C[C@H](NC(=O)C2CCC(CNC(=O)OC(C)(C)C)CC2)C(=O)Nc2ccc(-c3nn[nH]n3)cc2)cc1. The fourth-order valence-corrected chi connectivity index (χ4v) is 7.17. The van der Waals surface area contributed by atoms with E-state index in [1.165, 1.54) is 0 Å². The van der Waals surface area contributed by atoms with Gasteiger partial charge in [-0.3, -0.25) is 14.4 Å². The summed E-state index contributed by atoms with van der Waals surface area (Å²) in [7, 11) is 0. The highest BCUT2D eigenvalue weighted by molar-refractivity contribution is 5.98. The third-order valence-electron chi connectivity index (χ3n) is 10.1. The first-order valence-corrected chi connectivity index (χ1v) is 18.8. The number of hydrogen-bond donors (Lipinski definition) is 4. The lowest BCUT2D eigenvalue weighted by Gasteiger charge is -2.29. The fourth-order valence-electron chi connectivity index (χ4n) is 7.17. The number of nitrogens with one attached hydrogen (secondary N) is 4. The highest BCUT2D eigenvalue weighted by atomic mass is 16.6. The number of hydrogen-bond acceptors (Lipinski definition) is 8. The number of carbonyl (C=O) groups is 4. The van der Waals surface area contributed by atoms with E-state index in [-0.39, 0.29) is 36.0 Å². The largest absolute Gasteiger partial charge is 0.444 e. The molecule has 0 radical (unpaired) electrons. The summed E-state index contributed by atoms with van der Waals surface area (Å²) < 4.78 is 5.36. The van der Waals surface area contributed by atoms with E-state index in [0.29, 0.717) is 36.5 Å². The van der Waals surface area contributed by atoms with Crippen molar-refractivity contribution in [2.75, 3.05) is 25.0 Å². The molecular formula is C41H50N8O5. The molecule has 1 aromatic heterocycles. The maximum absolute atomic E-state index is 13.8. The first-order valence-electron chi connectivity index (χ1n) is 18.8. The van der Waals surface area contributed by atoms with Crippen molar-refractivity contribution in [2.24, 2.45) is 11.8 Å². The van der Waals surface area contributed by atoms with Crippen molar-refractivity contribution in [1.29, 1.82) is 0 Å². The molecule has 4 aromatic rings. The highest BCUT2D eigenvalue weighted by Gasteiger charge is 2.30. The summed E-state index contributed by atoms with van der Waals surface area (Å²) in [6.07, 6.45) is 4.84. The van der Waals surface area contributed by atoms with Crippen LogP contribution in [0.25, 0.3) is 22.5 Å². The zero-order chi connectivity index (χ0) is 38.2. The summed E-state index contributed by atoms with van der Waals surface area (Å²) in [5.74, 6) is 0.0487. The molecule has 2 fully saturated rings. The average Bonchev–Trinajstić information content (AvgIpc) is 3.90. The summed E-state index contributed by atoms with van der Waals surface area (Å²) in [5.41, 5.74) is 5.39. The van der Waals surface area contributed by atoms with E-state index >= 15 is 0 Å². The third kappa shape index (κ3) is 10.1. The number of ether oxygens (including phenoxy) is 1. The number of aromatic nitrogens is 4. The van der Waals surface area contributed by atoms with Gasteiger partial charge in [-0.15, -0.1) is 10.2 Å². The number of carbonyl (C=O) groups excluding carboxylic acids is 4. The van der Waals surface area contributed by atoms with Gasteiger partial charge in [-0.05, 0) is 136 Å². The van der Waals surface area contributed by atoms with Crippen LogP contribution in [0, 0.1) is 18.8 Å². The average molecular weight is 735 g/mol. The van der Waals surface area contributed by atoms with E-state index in [2.05, 4.69) is 36.6 Å². The number of likely N-dealkylation sites (tertiary alicyclic amines) is 1. The third-order valence-corrected chi connectivity index (χ3v) is 10.1. The van der Waals surface area contributed by atoms with Crippen LogP contribution in [0.5, 0.6) is 0 Å². The van der Waals surface area contributed by atoms with Crippen molar-refractivity contribution in [1.82, 2.24) is 36.2 Å². The van der Waals surface area contributed by atoms with Crippen LogP contribution in [0.1, 0.15) is 80.8 Å². The Morgan fingerprint density at radius 3 is 2.22 bits per heavy atom. The molecular weight excluding hydrogens is 685 g/mol. The maximum Gasteiger partial charge on any atom is 0.407 e. The standard InChI is InChI=1S/C41H50N8O5/c1-26-23-32(39(52)49-21-5-6-22-49)17-20-34(26)29-11-7-27(8-12-29)24-35(38(51)43-33-18-15-30(16-19-33)36-45-47-48-46-36)44-37(50)31-13-9-28(10-14-31)25-42-40(53)54-41(2,3)4/h7-8,11-12,15-20,23,28,31,35H,5-6,9-10,13-14,21-22,24-25H2,1-4H3,(H,42,53)(H,43,51)(H,44,50)(H,45,46,47,48)/t28?,31?,35-/m0/s1. The first kappa shape index (κ1) is 38.1. The fraction of sp³-hybridized carbons (Fsp3) is 0.439. The molecule has 2 aliphatic rings. The Morgan fingerprint density at radius 2 is 1.59 bits per heavy atom. The van der Waals surface area contributed by atoms with Crippen LogP contribution in [-0.4, -0.2) is 80.6 Å². The molecule has 4 amide bonds. The van der Waals surface area contributed by atoms with Crippen molar-refractivity contribution >= 4 is 29.5 Å². The quantitative estimate of drug-likeness (QED) is 0.144. The smallest absolute Gasteiger partial charge is 0.407 e. The minimum Gasteiger partial charge on any atom is -0.444 e. The minimum absolute atomic E-state index is 0.0787. The molecule has 0 spiro atoms. The number of anilines is 1. The van der Waals surface area contributed by atoms with Gasteiger partial charge in [0.15, 0.2) is 0 Å². The number of nitrogens with zero attached hydrogens (tertiary/aromatic N) is 4. The number of rotatable bonds is 11. The Bertz CT molecular complexity index is 1910. The molecule has 0 bridgehead atoms. The molecule has 13 nitrogen and oxygen atoms in total. The lowest BCUT2D eigenvalue weighted by atomic mass is 9.81. The molecule has 3 aromatic carbocycles. The molecule has 1 aliphatic heterocycles. The van der Waals surface area contributed by atoms with Crippen LogP contribution in [0.4, 0.5) is 10.5 Å². The van der Waals surface area contributed by atoms with Crippen LogP contribution in [-0.2, 0) is 20.7 Å². The Kier molecular flexibility index (Phi) is 12.0. The summed E-state index contributed by atoms with van der Waals surface area (Å²) in [4.78, 5) is 54.5. The second-order valence-corrected chi connectivity index (χ2v) is 15.4. The normalized spacial score (nSPS) is 17.7. The van der Waals surface area contributed by atoms with Gasteiger partial charge in [0.2, 0.25) is 17.6 Å². The summed E-state index contributed by atoms with van der Waals surface area (Å²) >= 11 is 0. The number of benzene rings is 3. The van der Waals surface area contributed by atoms with Gasteiger partial charge < -0.3 is 25.6 Å². The molecule has 1 saturated carbocycles. The topological polar surface area (TPSA) is 171 Å². The second kappa shape index (κ2) is 17.0. The van der Waals surface area contributed by atoms with Gasteiger partial charge in [0.1, 0.15) is 11.6 Å². The molecule has 0 unspecified atom stereocenters. The molecule has 13 heteroatoms. The number of tetrazole rings is 1. The first-order chi connectivity index (χ1) is 25.9. The van der Waals surface area contributed by atoms with E-state index in [1.54, 1.807) is 24.3 Å². The number of aromatic amines is 1. The predicted octanol–water partition coefficient (Wildman–Crippen LogP) is 6.08. The van der Waals surface area contributed by atoms with Crippen molar-refractivity contribution < 1.29 is 23.9 Å². The van der Waals surface area contributed by atoms with Crippen LogP contribution in [0.15, 0.2) is 66.7 Å². The van der Waals surface area contributed by atoms with Gasteiger partial charge in [-0.2, -0.15) is 5.21 Å². The Morgan fingerprint density at radius 1 is 0.907 bits per heavy atom. The Labute approximate surface area is 316 Å². The van der Waals surface area contributed by atoms with Gasteiger partial charge in [-0.25, -0.2) is 4.79 Å². The maximum atomic E-state index is 13.8. The Balaban J connectivity index is 1.11. The van der Waals surface area contributed by atoms with E-state index in [1.807, 2.05) is 75.1 Å². The molecule has 1 aliphatic carbocycles. The van der Waals surface area contributed by atoms with E-state index in [4.69, 9.17) is 4.74 Å². The molecule has 4 N–H and O–H groups in total. The van der Waals surface area contributed by atoms with Crippen molar-refractivity contribution in [2.45, 2.75) is 84.3 Å². The van der Waals surface area contributed by atoms with E-state index < -0.39 is 17.7 Å². The Hall–Kier alpha value is -5.59. The van der Waals surface area contributed by atoms with Crippen LogP contribution < -0.4 is 16.0 Å². The molecule has 6 rings (SSSR count). The van der Waals surface area contributed by atoms with Crippen molar-refractivity contribution in [3.63, 3.8) is 0 Å². The highest BCUT2D eigenvalue weighted by Crippen LogP contribution is 2.30. The molecule has 54 heavy (non-hydrogen) atoms. The van der Waals surface area contributed by atoms with Crippen LogP contribution in [0.3, 0.4) is 0 Å². The number of alkyl carbamates (subject to hydrolysis) is 1. The zero-order valence-electron chi connectivity index (χ0n) is 31.5. The number of H-pyrrole nitrogens is 1. The van der Waals surface area contributed by atoms with E-state index in [9.17, 15) is 19.2 Å². The van der Waals surface area contributed by atoms with E-state index in [0.717, 1.165) is 66.6 Å². The zero-order valence-corrected chi connectivity index (χ0v) is 31.5. The van der Waals surface area contributed by atoms with Crippen LogP contribution >= 0.6 is 0 Å². The van der Waals surface area contributed by atoms with Gasteiger partial charge >= 0.3 is 6.09 Å². The summed E-state index contributed by atoms with van der Waals surface area (Å²) in [5, 5.41) is 22.9. The summed E-state index contributed by atoms with van der Waals surface area (Å²) in [6, 6.07) is 20.1. The van der Waals surface area contributed by atoms with Crippen molar-refractivity contribution in [3.05, 3.63) is 83.4 Å².